The third-order valence-electron chi connectivity index (χ3n) is 0. The third-order valence-corrected chi connectivity index (χ3v) is 0. The summed E-state index contributed by atoms with van der Waals surface area (Å²) < 4.78 is 31.6. The summed E-state index contributed by atoms with van der Waals surface area (Å²) in [6, 6.07) is 0. The molecular weight excluding hydrogens is 120 g/mol. The van der Waals surface area contributed by atoms with Gasteiger partial charge in [0.05, 0.1) is 0 Å². The van der Waals surface area contributed by atoms with Crippen molar-refractivity contribution in [2.75, 3.05) is 0 Å². The summed E-state index contributed by atoms with van der Waals surface area (Å²) in [5, 5.41) is 0. The van der Waals surface area contributed by atoms with Crippen molar-refractivity contribution in [3.05, 3.63) is 0 Å². The standard InChI is InChI=1S/Mg.H2O4S.2H/c;1-5(2,3)4;;/h;(H2,1,2,3,4);;/q+2;;2*-1/p+7. The maximum Gasteiger partial charge on any atom is 2.00 e. The van der Waals surface area contributed by atoms with Crippen LogP contribution in [0.3, 0.4) is 0 Å². The van der Waals surface area contributed by atoms with E-state index in [4.69, 9.17) is 17.5 Å². The van der Waals surface area contributed by atoms with Crippen LogP contribution in [-0.4, -0.2) is 40.6 Å². The molecule has 0 aromatic carbocycles. The van der Waals surface area contributed by atoms with Gasteiger partial charge in [0.1, 0.15) is 0 Å². The molecule has 0 atom stereocenters. The minimum Gasteiger partial charge on any atom is -1.00 e. The predicted molar refractivity (Wildman–Crippen MR) is 29.9 cm³/mol. The van der Waals surface area contributed by atoms with Gasteiger partial charge in [-0.1, -0.05) is 0 Å². The normalized spacial score (nSPS) is 9.67. The minimum absolute atomic E-state index is 0. The van der Waals surface area contributed by atoms with Gasteiger partial charge in [-0.15, -0.1) is 0 Å². The Kier molecular flexibility index (Phi) is 4.50. The Balaban J connectivity index is -0.00000000178. The van der Waals surface area contributed by atoms with E-state index in [-0.39, 0.29) is 35.9 Å². The van der Waals surface area contributed by atoms with E-state index in [1.54, 1.807) is 0 Å². The van der Waals surface area contributed by atoms with Gasteiger partial charge in [0, 0.05) is 0 Å². The second kappa shape index (κ2) is 2.75. The van der Waals surface area contributed by atoms with E-state index in [0.29, 0.717) is 0 Å². The van der Waals surface area contributed by atoms with Gasteiger partial charge < -0.3 is 2.85 Å². The molecule has 0 saturated carbocycles. The van der Waals surface area contributed by atoms with Crippen molar-refractivity contribution in [1.29, 1.82) is 0 Å². The van der Waals surface area contributed by atoms with Crippen molar-refractivity contribution < 1.29 is 30.4 Å². The monoisotopic (exact) mass is 131 g/mol. The first-order valence-electron chi connectivity index (χ1n) is 0.698. The summed E-state index contributed by atoms with van der Waals surface area (Å²) >= 11 is 0. The molecule has 0 rings (SSSR count). The van der Waals surface area contributed by atoms with Crippen LogP contribution < -0.4 is 0 Å². The largest absolute Gasteiger partial charge is 2.00 e. The van der Waals surface area contributed by atoms with E-state index in [1.807, 2.05) is 0 Å². The topological polar surface area (TPSA) is 74.6 Å². The van der Waals surface area contributed by atoms with Gasteiger partial charge in [-0.05, 0) is 0 Å². The first-order valence-corrected chi connectivity index (χ1v) is 2.10. The van der Waals surface area contributed by atoms with E-state index in [2.05, 4.69) is 0 Å². The second-order valence-corrected chi connectivity index (χ2v) is 1.34. The molecule has 0 aliphatic carbocycles. The smallest absolute Gasteiger partial charge is 1.00 e. The van der Waals surface area contributed by atoms with E-state index in [0.717, 1.165) is 0 Å². The predicted octanol–water partition coefficient (Wildman–Crippen LogP) is -0.0211. The maximum absolute atomic E-state index is 8.74. The minimum atomic E-state index is -4.67. The van der Waals surface area contributed by atoms with Crippen LogP contribution in [-0.2, 0) is 10.4 Å². The summed E-state index contributed by atoms with van der Waals surface area (Å²) in [5.41, 5.74) is 0. The summed E-state index contributed by atoms with van der Waals surface area (Å²) in [5.74, 6) is 0. The Morgan fingerprint density at radius 2 is 1.50 bits per heavy atom. The molecule has 6 heavy (non-hydrogen) atoms. The molecule has 0 aromatic rings. The number of rotatable bonds is 0. The molecule has 6 heteroatoms. The molecule has 2 N–H and O–H groups in total. The molecule has 0 radical (unpaired) electrons. The van der Waals surface area contributed by atoms with E-state index >= 15 is 0 Å². The van der Waals surface area contributed by atoms with E-state index in [9.17, 15) is 0 Å². The summed E-state index contributed by atoms with van der Waals surface area (Å²) in [6.45, 7) is 0. The van der Waals surface area contributed by atoms with Gasteiger partial charge in [0.2, 0.25) is 0 Å². The van der Waals surface area contributed by atoms with Gasteiger partial charge in [-0.3, -0.25) is 9.11 Å². The molecule has 36 valence electrons. The third kappa shape index (κ3) is 151. The zero-order valence-corrected chi connectivity index (χ0v) is 5.06. The van der Waals surface area contributed by atoms with Crippen molar-refractivity contribution in [2.24, 2.45) is 0 Å². The van der Waals surface area contributed by atoms with Crippen LogP contribution in [0.25, 0.3) is 0 Å². The first-order chi connectivity index (χ1) is 2.00. The molecule has 4 nitrogen and oxygen atoms in total. The fraction of sp³-hybridized carbons (Fsp3) is 0. The molecule has 0 heterocycles. The number of hydrogen-bond donors (Lipinski definition) is 2. The summed E-state index contributed by atoms with van der Waals surface area (Å²) in [7, 11) is -4.67. The Morgan fingerprint density at radius 3 is 1.50 bits per heavy atom. The van der Waals surface area contributed by atoms with Gasteiger partial charge >= 0.3 is 43.4 Å². The molecule has 0 aliphatic rings. The van der Waals surface area contributed by atoms with Crippen molar-refractivity contribution in [2.45, 2.75) is 0 Å². The van der Waals surface area contributed by atoms with Crippen LogP contribution in [0.1, 0.15) is 12.8 Å². The summed E-state index contributed by atoms with van der Waals surface area (Å²) in [6.07, 6.45) is 0. The van der Waals surface area contributed by atoms with Gasteiger partial charge in [-0.2, -0.15) is 8.42 Å². The van der Waals surface area contributed by atoms with Crippen LogP contribution in [0.15, 0.2) is 0 Å². The van der Waals surface area contributed by atoms with Crippen molar-refractivity contribution in [1.82, 2.24) is 0 Å². The van der Waals surface area contributed by atoms with Crippen molar-refractivity contribution >= 4 is 33.5 Å². The van der Waals surface area contributed by atoms with Crippen LogP contribution in [0, 0.1) is 0 Å². The molecule has 0 aliphatic heterocycles. The fourth-order valence-corrected chi connectivity index (χ4v) is 0. The molecular formula is H11MgO4S+7. The number of hydrogen-bond acceptors (Lipinski definition) is 2. The maximum atomic E-state index is 8.74. The average molecular weight is 131 g/mol. The van der Waals surface area contributed by atoms with Crippen LogP contribution in [0.4, 0.5) is 0 Å². The molecule has 0 aromatic heterocycles. The molecule has 0 unspecified atom stereocenters. The van der Waals surface area contributed by atoms with Crippen LogP contribution >= 0.6 is 0 Å². The molecule has 0 spiro atoms. The Morgan fingerprint density at radius 1 is 1.50 bits per heavy atom. The quantitative estimate of drug-likeness (QED) is 0.358. The van der Waals surface area contributed by atoms with Crippen molar-refractivity contribution in [3.63, 3.8) is 0 Å². The van der Waals surface area contributed by atoms with E-state index in [1.165, 1.54) is 0 Å². The second-order valence-electron chi connectivity index (χ2n) is 0.448. The molecule has 0 fully saturated rings. The van der Waals surface area contributed by atoms with Gasteiger partial charge in [0.25, 0.3) is 0 Å². The molecule has 0 saturated heterocycles. The molecule has 0 amide bonds. The zero-order chi connectivity index (χ0) is 4.50. The van der Waals surface area contributed by atoms with Gasteiger partial charge in [0.15, 0.2) is 0 Å². The first kappa shape index (κ1) is 9.81. The van der Waals surface area contributed by atoms with E-state index < -0.39 is 10.4 Å². The fourth-order valence-electron chi connectivity index (χ4n) is 0. The van der Waals surface area contributed by atoms with Crippen LogP contribution in [0.5, 0.6) is 0 Å². The van der Waals surface area contributed by atoms with Crippen molar-refractivity contribution in [3.8, 4) is 0 Å². The Bertz CT molecular complexity index is 105. The SMILES string of the molecule is O=S(=O)(O)O.[H+].[H+].[H+].[H+].[H+].[H+].[H+].[H-].[H-].[Mg+2]. The summed E-state index contributed by atoms with van der Waals surface area (Å²) in [4.78, 5) is 0. The zero-order valence-electron chi connectivity index (χ0n) is 11.8. The Labute approximate surface area is 64.6 Å². The molecule has 0 bridgehead atoms. The van der Waals surface area contributed by atoms with Crippen LogP contribution in [0.2, 0.25) is 0 Å². The Hall–Kier alpha value is 0.636. The average Bonchev–Trinajstić information content (AvgIpc) is 0.722. The van der Waals surface area contributed by atoms with Gasteiger partial charge in [-0.25, -0.2) is 0 Å².